The maximum absolute atomic E-state index is 10.8. The maximum atomic E-state index is 10.8. The molecule has 1 aliphatic carbocycles. The average Bonchev–Trinajstić information content (AvgIpc) is 2.69. The van der Waals surface area contributed by atoms with Crippen LogP contribution in [0.4, 0.5) is 0 Å². The van der Waals surface area contributed by atoms with Crippen LogP contribution in [0, 0.1) is 0 Å². The van der Waals surface area contributed by atoms with E-state index in [9.17, 15) is 4.79 Å². The summed E-state index contributed by atoms with van der Waals surface area (Å²) >= 11 is 1.28. The van der Waals surface area contributed by atoms with Crippen LogP contribution < -0.4 is 0 Å². The number of carboxylic acids is 1. The Morgan fingerprint density at radius 1 is 1.44 bits per heavy atom. The molecule has 3 nitrogen and oxygen atoms in total. The molecule has 16 heavy (non-hydrogen) atoms. The lowest BCUT2D eigenvalue weighted by Gasteiger charge is -2.28. The van der Waals surface area contributed by atoms with Crippen molar-refractivity contribution in [1.29, 1.82) is 0 Å². The number of hydrogen-bond donors (Lipinski definition) is 1. The number of aromatic nitrogens is 1. The molecule has 1 heterocycles. The van der Waals surface area contributed by atoms with Crippen LogP contribution in [0.1, 0.15) is 31.7 Å². The molecule has 1 atom stereocenters. The van der Waals surface area contributed by atoms with Gasteiger partial charge in [0.15, 0.2) is 0 Å². The molecule has 0 aliphatic heterocycles. The van der Waals surface area contributed by atoms with Crippen molar-refractivity contribution in [3.63, 3.8) is 0 Å². The van der Waals surface area contributed by atoms with Gasteiger partial charge in [-0.05, 0) is 17.5 Å². The molecule has 0 saturated heterocycles. The number of carboxylic acid groups (broad SMARTS) is 1. The fourth-order valence-electron chi connectivity index (χ4n) is 2.03. The van der Waals surface area contributed by atoms with E-state index in [4.69, 9.17) is 5.11 Å². The summed E-state index contributed by atoms with van der Waals surface area (Å²) in [5.41, 5.74) is 2.63. The minimum Gasteiger partial charge on any atom is -0.477 e. The Hall–Kier alpha value is -1.68. The second-order valence-corrected chi connectivity index (χ2v) is 4.89. The number of benzene rings is 1. The van der Waals surface area contributed by atoms with Crippen LogP contribution in [0.2, 0.25) is 0 Å². The van der Waals surface area contributed by atoms with Crippen molar-refractivity contribution in [2.45, 2.75) is 12.3 Å². The van der Waals surface area contributed by atoms with Crippen molar-refractivity contribution in [1.82, 2.24) is 4.98 Å². The summed E-state index contributed by atoms with van der Waals surface area (Å²) < 4.78 is 0. The molecule has 0 saturated carbocycles. The van der Waals surface area contributed by atoms with Crippen LogP contribution >= 0.6 is 11.3 Å². The highest BCUT2D eigenvalue weighted by Crippen LogP contribution is 2.41. The second-order valence-electron chi connectivity index (χ2n) is 3.82. The van der Waals surface area contributed by atoms with Crippen LogP contribution in [0.15, 0.2) is 30.5 Å². The molecule has 0 spiro atoms. The fourth-order valence-corrected chi connectivity index (χ4v) is 2.90. The molecule has 2 aromatic rings. The smallest absolute Gasteiger partial charge is 0.347 e. The number of thiazole rings is 1. The van der Waals surface area contributed by atoms with Crippen LogP contribution in [0.5, 0.6) is 0 Å². The molecule has 0 radical (unpaired) electrons. The lowest BCUT2D eigenvalue weighted by Crippen LogP contribution is -2.17. The van der Waals surface area contributed by atoms with Crippen molar-refractivity contribution in [3.8, 4) is 0 Å². The molecule has 1 aliphatic rings. The summed E-state index contributed by atoms with van der Waals surface area (Å²) in [6.45, 7) is 0. The number of nitrogens with zero attached hydrogens (tertiary/aromatic N) is 1. The molecule has 1 aromatic heterocycles. The molecule has 4 heteroatoms. The van der Waals surface area contributed by atoms with Crippen molar-refractivity contribution in [3.05, 3.63) is 51.5 Å². The predicted molar refractivity (Wildman–Crippen MR) is 61.1 cm³/mol. The zero-order chi connectivity index (χ0) is 11.1. The molecule has 0 bridgehead atoms. The van der Waals surface area contributed by atoms with Crippen molar-refractivity contribution >= 4 is 17.3 Å². The zero-order valence-electron chi connectivity index (χ0n) is 8.38. The number of carbonyl (C=O) groups is 1. The van der Waals surface area contributed by atoms with E-state index >= 15 is 0 Å². The minimum atomic E-state index is -0.892. The van der Waals surface area contributed by atoms with Gasteiger partial charge in [0, 0.05) is 5.92 Å². The predicted octanol–water partition coefficient (Wildman–Crippen LogP) is 2.53. The molecular formula is C12H9NO2S. The minimum absolute atomic E-state index is 0.300. The van der Waals surface area contributed by atoms with Crippen LogP contribution in [0.25, 0.3) is 0 Å². The van der Waals surface area contributed by atoms with E-state index in [1.165, 1.54) is 28.7 Å². The lowest BCUT2D eigenvalue weighted by molar-refractivity contribution is 0.0702. The standard InChI is InChI=1S/C12H9NO2S/c14-12(15)10-6-13-11(16-10)9-5-7-3-1-2-4-8(7)9/h1-4,6,9H,5H2,(H,14,15). The first kappa shape index (κ1) is 9.54. The SMILES string of the molecule is O=C(O)c1cnc(C2Cc3ccccc32)s1. The van der Waals surface area contributed by atoms with Gasteiger partial charge in [-0.2, -0.15) is 0 Å². The Morgan fingerprint density at radius 3 is 2.94 bits per heavy atom. The number of rotatable bonds is 2. The van der Waals surface area contributed by atoms with Crippen molar-refractivity contribution in [2.24, 2.45) is 0 Å². The number of aromatic carboxylic acids is 1. The molecule has 1 aromatic carbocycles. The largest absolute Gasteiger partial charge is 0.477 e. The van der Waals surface area contributed by atoms with Crippen molar-refractivity contribution < 1.29 is 9.90 Å². The molecule has 0 fully saturated rings. The van der Waals surface area contributed by atoms with Gasteiger partial charge in [0.1, 0.15) is 9.88 Å². The second kappa shape index (κ2) is 3.42. The topological polar surface area (TPSA) is 50.2 Å². The first-order valence-electron chi connectivity index (χ1n) is 5.02. The summed E-state index contributed by atoms with van der Waals surface area (Å²) in [5.74, 6) is -0.592. The van der Waals surface area contributed by atoms with E-state index < -0.39 is 5.97 Å². The molecule has 3 rings (SSSR count). The van der Waals surface area contributed by atoms with Crippen LogP contribution in [-0.4, -0.2) is 16.1 Å². The summed E-state index contributed by atoms with van der Waals surface area (Å²) in [6.07, 6.45) is 2.42. The maximum Gasteiger partial charge on any atom is 0.347 e. The van der Waals surface area contributed by atoms with E-state index in [-0.39, 0.29) is 0 Å². The number of fused-ring (bicyclic) bond motifs is 1. The van der Waals surface area contributed by atoms with Crippen LogP contribution in [0.3, 0.4) is 0 Å². The van der Waals surface area contributed by atoms with Gasteiger partial charge < -0.3 is 5.11 Å². The van der Waals surface area contributed by atoms with E-state index in [0.29, 0.717) is 10.8 Å². The van der Waals surface area contributed by atoms with Crippen LogP contribution in [-0.2, 0) is 6.42 Å². The highest BCUT2D eigenvalue weighted by atomic mass is 32.1. The average molecular weight is 231 g/mol. The molecule has 1 unspecified atom stereocenters. The highest BCUT2D eigenvalue weighted by molar-refractivity contribution is 7.13. The van der Waals surface area contributed by atoms with Gasteiger partial charge in [0.05, 0.1) is 6.20 Å². The third kappa shape index (κ3) is 1.34. The summed E-state index contributed by atoms with van der Waals surface area (Å²) in [4.78, 5) is 15.3. The zero-order valence-corrected chi connectivity index (χ0v) is 9.20. The first-order valence-corrected chi connectivity index (χ1v) is 5.84. The normalized spacial score (nSPS) is 17.6. The van der Waals surface area contributed by atoms with Gasteiger partial charge in [-0.3, -0.25) is 0 Å². The number of hydrogen-bond acceptors (Lipinski definition) is 3. The van der Waals surface area contributed by atoms with E-state index in [1.54, 1.807) is 0 Å². The Kier molecular flexibility index (Phi) is 2.04. The van der Waals surface area contributed by atoms with Crippen molar-refractivity contribution in [2.75, 3.05) is 0 Å². The Labute approximate surface area is 96.4 Å². The summed E-state index contributed by atoms with van der Waals surface area (Å²) in [5, 5.41) is 9.75. The first-order chi connectivity index (χ1) is 7.75. The van der Waals surface area contributed by atoms with Gasteiger partial charge in [0.25, 0.3) is 0 Å². The Balaban J connectivity index is 1.93. The van der Waals surface area contributed by atoms with Gasteiger partial charge in [-0.1, -0.05) is 24.3 Å². The quantitative estimate of drug-likeness (QED) is 0.864. The molecule has 0 amide bonds. The molecule has 80 valence electrons. The molecular weight excluding hydrogens is 222 g/mol. The summed E-state index contributed by atoms with van der Waals surface area (Å²) in [7, 11) is 0. The monoisotopic (exact) mass is 231 g/mol. The summed E-state index contributed by atoms with van der Waals surface area (Å²) in [6, 6.07) is 8.24. The van der Waals surface area contributed by atoms with E-state index in [0.717, 1.165) is 11.4 Å². The van der Waals surface area contributed by atoms with Gasteiger partial charge in [-0.25, -0.2) is 9.78 Å². The fraction of sp³-hybridized carbons (Fsp3) is 0.167. The van der Waals surface area contributed by atoms with Gasteiger partial charge in [0.2, 0.25) is 0 Å². The van der Waals surface area contributed by atoms with E-state index in [2.05, 4.69) is 17.1 Å². The third-order valence-corrected chi connectivity index (χ3v) is 3.99. The Morgan fingerprint density at radius 2 is 2.25 bits per heavy atom. The van der Waals surface area contributed by atoms with E-state index in [1.807, 2.05) is 12.1 Å². The van der Waals surface area contributed by atoms with Gasteiger partial charge >= 0.3 is 5.97 Å². The molecule has 1 N–H and O–H groups in total. The highest BCUT2D eigenvalue weighted by Gasteiger charge is 2.29. The lowest BCUT2D eigenvalue weighted by atomic mass is 9.78. The Bertz CT molecular complexity index is 562. The third-order valence-electron chi connectivity index (χ3n) is 2.89. The van der Waals surface area contributed by atoms with Gasteiger partial charge in [-0.15, -0.1) is 11.3 Å².